The summed E-state index contributed by atoms with van der Waals surface area (Å²) >= 11 is 13.6. The van der Waals surface area contributed by atoms with Crippen LogP contribution >= 0.6 is 34.5 Å². The van der Waals surface area contributed by atoms with Crippen molar-refractivity contribution in [2.75, 3.05) is 36.6 Å². The highest BCUT2D eigenvalue weighted by Gasteiger charge is 2.18. The molecule has 0 spiro atoms. The van der Waals surface area contributed by atoms with Gasteiger partial charge in [0.15, 0.2) is 10.9 Å². The van der Waals surface area contributed by atoms with Gasteiger partial charge in [-0.3, -0.25) is 5.43 Å². The van der Waals surface area contributed by atoms with E-state index in [4.69, 9.17) is 32.9 Å². The first-order chi connectivity index (χ1) is 13.7. The number of hydrogen-bond donors (Lipinski definition) is 1. The van der Waals surface area contributed by atoms with Gasteiger partial charge in [-0.2, -0.15) is 5.10 Å². The van der Waals surface area contributed by atoms with Crippen LogP contribution in [0.2, 0.25) is 10.0 Å². The molecule has 1 aromatic carbocycles. The highest BCUT2D eigenvalue weighted by Crippen LogP contribution is 2.32. The quantitative estimate of drug-likeness (QED) is 0.462. The van der Waals surface area contributed by atoms with E-state index in [-0.39, 0.29) is 0 Å². The minimum atomic E-state index is 0.409. The molecule has 28 heavy (non-hydrogen) atoms. The van der Waals surface area contributed by atoms with Gasteiger partial charge in [0.2, 0.25) is 0 Å². The maximum absolute atomic E-state index is 6.13. The van der Waals surface area contributed by atoms with Gasteiger partial charge in [-0.25, -0.2) is 9.97 Å². The molecule has 0 atom stereocenters. The molecule has 3 aromatic rings. The monoisotopic (exact) mass is 433 g/mol. The zero-order valence-corrected chi connectivity index (χ0v) is 17.1. The summed E-state index contributed by atoms with van der Waals surface area (Å²) in [5, 5.41) is 6.16. The van der Waals surface area contributed by atoms with E-state index in [0.29, 0.717) is 29.1 Å². The van der Waals surface area contributed by atoms with E-state index in [9.17, 15) is 0 Å². The smallest absolute Gasteiger partial charge is 0.186 e. The minimum Gasteiger partial charge on any atom is -0.378 e. The van der Waals surface area contributed by atoms with Crippen LogP contribution in [0.5, 0.6) is 0 Å². The minimum absolute atomic E-state index is 0.409. The zero-order valence-electron chi connectivity index (χ0n) is 14.8. The lowest BCUT2D eigenvalue weighted by Crippen LogP contribution is -2.36. The van der Waals surface area contributed by atoms with E-state index in [1.165, 1.54) is 6.20 Å². The lowest BCUT2D eigenvalue weighted by Gasteiger charge is -2.26. The molecule has 0 amide bonds. The second-order valence-corrected chi connectivity index (χ2v) is 7.88. The van der Waals surface area contributed by atoms with E-state index in [0.717, 1.165) is 34.4 Å². The molecule has 0 bridgehead atoms. The number of benzene rings is 1. The van der Waals surface area contributed by atoms with Crippen molar-refractivity contribution >= 4 is 51.7 Å². The topological polar surface area (TPSA) is 62.6 Å². The van der Waals surface area contributed by atoms with Crippen molar-refractivity contribution < 1.29 is 4.74 Å². The molecule has 3 heterocycles. The molecule has 1 aliphatic rings. The van der Waals surface area contributed by atoms with E-state index in [2.05, 4.69) is 20.4 Å². The van der Waals surface area contributed by atoms with Gasteiger partial charge in [-0.15, -0.1) is 0 Å². The van der Waals surface area contributed by atoms with E-state index in [1.807, 2.05) is 30.3 Å². The number of morpholine rings is 1. The number of aromatic nitrogens is 2. The maximum Gasteiger partial charge on any atom is 0.186 e. The number of hydrazone groups is 1. The summed E-state index contributed by atoms with van der Waals surface area (Å²) in [5.41, 5.74) is 4.81. The Hall–Kier alpha value is -2.19. The third kappa shape index (κ3) is 4.44. The first-order valence-corrected chi connectivity index (χ1v) is 10.3. The first-order valence-electron chi connectivity index (χ1n) is 8.70. The number of halogens is 2. The van der Waals surface area contributed by atoms with Crippen LogP contribution in [0.3, 0.4) is 0 Å². The fourth-order valence-corrected chi connectivity index (χ4v) is 4.18. The summed E-state index contributed by atoms with van der Waals surface area (Å²) in [7, 11) is 0. The highest BCUT2D eigenvalue weighted by molar-refractivity contribution is 7.17. The second kappa shape index (κ2) is 8.87. The Morgan fingerprint density at radius 1 is 1.18 bits per heavy atom. The molecule has 0 radical (unpaired) electrons. The van der Waals surface area contributed by atoms with Gasteiger partial charge in [0.25, 0.3) is 0 Å². The molecule has 1 N–H and O–H groups in total. The SMILES string of the molecule is Clc1cnc(NN=Cc2sc(N3CCOCC3)nc2-c2ccccc2)c(Cl)c1. The molecule has 2 aromatic heterocycles. The van der Waals surface area contributed by atoms with Crippen molar-refractivity contribution in [1.29, 1.82) is 0 Å². The Morgan fingerprint density at radius 2 is 1.96 bits per heavy atom. The van der Waals surface area contributed by atoms with Crippen molar-refractivity contribution in [2.45, 2.75) is 0 Å². The molecule has 1 saturated heterocycles. The predicted octanol–water partition coefficient (Wildman–Crippen LogP) is 4.79. The lowest BCUT2D eigenvalue weighted by atomic mass is 10.1. The third-order valence-corrected chi connectivity index (χ3v) is 5.68. The molecule has 9 heteroatoms. The number of nitrogens with zero attached hydrogens (tertiary/aromatic N) is 4. The summed E-state index contributed by atoms with van der Waals surface area (Å²) in [4.78, 5) is 12.2. The van der Waals surface area contributed by atoms with Crippen LogP contribution in [0.15, 0.2) is 47.7 Å². The molecular weight excluding hydrogens is 417 g/mol. The molecule has 0 saturated carbocycles. The standard InChI is InChI=1S/C19H17Cl2N5OS/c20-14-10-15(21)18(22-11-14)25-23-12-16-17(13-4-2-1-3-5-13)24-19(28-16)26-6-8-27-9-7-26/h1-5,10-12H,6-9H2,(H,22,25). The Morgan fingerprint density at radius 3 is 2.71 bits per heavy atom. The second-order valence-electron chi connectivity index (χ2n) is 6.03. The highest BCUT2D eigenvalue weighted by atomic mass is 35.5. The van der Waals surface area contributed by atoms with Crippen molar-refractivity contribution in [1.82, 2.24) is 9.97 Å². The van der Waals surface area contributed by atoms with Crippen LogP contribution < -0.4 is 10.3 Å². The summed E-state index contributed by atoms with van der Waals surface area (Å²) in [6.45, 7) is 3.10. The Labute approximate surface area is 176 Å². The van der Waals surface area contributed by atoms with Crippen LogP contribution in [-0.2, 0) is 4.74 Å². The van der Waals surface area contributed by atoms with E-state index in [1.54, 1.807) is 23.6 Å². The largest absolute Gasteiger partial charge is 0.378 e. The van der Waals surface area contributed by atoms with Crippen LogP contribution in [0.4, 0.5) is 10.9 Å². The van der Waals surface area contributed by atoms with E-state index < -0.39 is 0 Å². The average Bonchev–Trinajstić information content (AvgIpc) is 3.15. The van der Waals surface area contributed by atoms with Crippen molar-refractivity contribution in [3.05, 3.63) is 57.5 Å². The van der Waals surface area contributed by atoms with Crippen LogP contribution in [0, 0.1) is 0 Å². The summed E-state index contributed by atoms with van der Waals surface area (Å²) in [6.07, 6.45) is 3.26. The third-order valence-electron chi connectivity index (χ3n) is 4.13. The molecule has 1 fully saturated rings. The molecule has 0 unspecified atom stereocenters. The molecule has 6 nitrogen and oxygen atoms in total. The normalized spacial score (nSPS) is 14.6. The van der Waals surface area contributed by atoms with Gasteiger partial charge < -0.3 is 9.64 Å². The summed E-state index contributed by atoms with van der Waals surface area (Å²) < 4.78 is 5.45. The Bertz CT molecular complexity index is 974. The number of rotatable bonds is 5. The predicted molar refractivity (Wildman–Crippen MR) is 116 cm³/mol. The van der Waals surface area contributed by atoms with Crippen molar-refractivity contribution in [3.8, 4) is 11.3 Å². The van der Waals surface area contributed by atoms with Crippen molar-refractivity contribution in [3.63, 3.8) is 0 Å². The molecule has 0 aliphatic carbocycles. The number of hydrogen-bond acceptors (Lipinski definition) is 7. The van der Waals surface area contributed by atoms with Gasteiger partial charge in [0.1, 0.15) is 0 Å². The van der Waals surface area contributed by atoms with Crippen LogP contribution in [0.1, 0.15) is 4.88 Å². The number of pyridine rings is 1. The molecule has 144 valence electrons. The summed E-state index contributed by atoms with van der Waals surface area (Å²) in [5.74, 6) is 0.446. The van der Waals surface area contributed by atoms with Crippen molar-refractivity contribution in [2.24, 2.45) is 5.10 Å². The number of thiazole rings is 1. The summed E-state index contributed by atoms with van der Waals surface area (Å²) in [6, 6.07) is 11.7. The average molecular weight is 434 g/mol. The molecular formula is C19H17Cl2N5OS. The maximum atomic E-state index is 6.13. The van der Waals surface area contributed by atoms with Gasteiger partial charge in [-0.05, 0) is 6.07 Å². The number of anilines is 2. The van der Waals surface area contributed by atoms with Crippen LogP contribution in [-0.4, -0.2) is 42.5 Å². The van der Waals surface area contributed by atoms with Gasteiger partial charge >= 0.3 is 0 Å². The van der Waals surface area contributed by atoms with Gasteiger partial charge in [0.05, 0.1) is 40.0 Å². The Balaban J connectivity index is 1.61. The molecule has 4 rings (SSSR count). The fourth-order valence-electron chi connectivity index (χ4n) is 2.75. The van der Waals surface area contributed by atoms with Crippen LogP contribution in [0.25, 0.3) is 11.3 Å². The Kier molecular flexibility index (Phi) is 6.07. The number of nitrogens with one attached hydrogen (secondary N) is 1. The molecule has 1 aliphatic heterocycles. The van der Waals surface area contributed by atoms with E-state index >= 15 is 0 Å². The van der Waals surface area contributed by atoms with Gasteiger partial charge in [0, 0.05) is 24.8 Å². The zero-order chi connectivity index (χ0) is 19.3. The number of ether oxygens (including phenoxy) is 1. The fraction of sp³-hybridized carbons (Fsp3) is 0.211. The first kappa shape index (κ1) is 19.1. The van der Waals surface area contributed by atoms with Gasteiger partial charge in [-0.1, -0.05) is 64.9 Å². The lowest BCUT2D eigenvalue weighted by molar-refractivity contribution is 0.122.